The van der Waals surface area contributed by atoms with Gasteiger partial charge in [-0.2, -0.15) is 0 Å². The first-order chi connectivity index (χ1) is 14.8. The molecule has 0 aliphatic carbocycles. The van der Waals surface area contributed by atoms with E-state index in [1.165, 1.54) is 16.3 Å². The molecule has 0 aliphatic heterocycles. The number of para-hydroxylation sites is 1. The molecule has 0 saturated carbocycles. The molecular formula is C25H20N4S. The SMILES string of the molecule is Nc1cccc(-c2nnc(SCc3cccc4ccccc34)n2-c2ccccc2)c1. The van der Waals surface area contributed by atoms with E-state index in [-0.39, 0.29) is 0 Å². The van der Waals surface area contributed by atoms with Crippen molar-refractivity contribution in [1.29, 1.82) is 0 Å². The summed E-state index contributed by atoms with van der Waals surface area (Å²) in [5.74, 6) is 1.59. The highest BCUT2D eigenvalue weighted by atomic mass is 32.2. The van der Waals surface area contributed by atoms with Crippen molar-refractivity contribution in [3.05, 3.63) is 103 Å². The van der Waals surface area contributed by atoms with Gasteiger partial charge in [0, 0.05) is 22.7 Å². The van der Waals surface area contributed by atoms with Crippen molar-refractivity contribution in [3.8, 4) is 17.1 Å². The van der Waals surface area contributed by atoms with E-state index in [1.807, 2.05) is 42.5 Å². The Kier molecular flexibility index (Phi) is 4.95. The summed E-state index contributed by atoms with van der Waals surface area (Å²) in [5.41, 5.74) is 9.98. The summed E-state index contributed by atoms with van der Waals surface area (Å²) in [6.45, 7) is 0. The van der Waals surface area contributed by atoms with Crippen molar-refractivity contribution in [1.82, 2.24) is 14.8 Å². The van der Waals surface area contributed by atoms with Crippen LogP contribution < -0.4 is 5.73 Å². The summed E-state index contributed by atoms with van der Waals surface area (Å²) >= 11 is 1.69. The Morgan fingerprint density at radius 2 is 1.53 bits per heavy atom. The molecule has 0 unspecified atom stereocenters. The molecule has 0 amide bonds. The average molecular weight is 409 g/mol. The van der Waals surface area contributed by atoms with Crippen molar-refractivity contribution in [3.63, 3.8) is 0 Å². The molecule has 4 nitrogen and oxygen atoms in total. The molecule has 5 rings (SSSR count). The van der Waals surface area contributed by atoms with Gasteiger partial charge in [-0.05, 0) is 40.6 Å². The first-order valence-corrected chi connectivity index (χ1v) is 10.7. The number of benzene rings is 4. The third-order valence-electron chi connectivity index (χ3n) is 5.03. The molecule has 5 aromatic rings. The minimum absolute atomic E-state index is 0.708. The highest BCUT2D eigenvalue weighted by Gasteiger charge is 2.16. The third-order valence-corrected chi connectivity index (χ3v) is 6.01. The quantitative estimate of drug-likeness (QED) is 0.288. The first kappa shape index (κ1) is 18.5. The molecule has 146 valence electrons. The van der Waals surface area contributed by atoms with Crippen LogP contribution in [0.5, 0.6) is 0 Å². The van der Waals surface area contributed by atoms with E-state index in [0.29, 0.717) is 5.69 Å². The van der Waals surface area contributed by atoms with E-state index in [9.17, 15) is 0 Å². The maximum absolute atomic E-state index is 6.02. The number of anilines is 1. The van der Waals surface area contributed by atoms with Crippen molar-refractivity contribution in [2.24, 2.45) is 0 Å². The van der Waals surface area contributed by atoms with Crippen LogP contribution in [0.25, 0.3) is 27.8 Å². The lowest BCUT2D eigenvalue weighted by Gasteiger charge is -2.11. The van der Waals surface area contributed by atoms with Crippen molar-refractivity contribution < 1.29 is 0 Å². The number of fused-ring (bicyclic) bond motifs is 1. The zero-order valence-corrected chi connectivity index (χ0v) is 17.1. The maximum Gasteiger partial charge on any atom is 0.196 e. The van der Waals surface area contributed by atoms with Gasteiger partial charge in [0.2, 0.25) is 0 Å². The summed E-state index contributed by atoms with van der Waals surface area (Å²) < 4.78 is 2.10. The molecule has 2 N–H and O–H groups in total. The number of nitrogens with zero attached hydrogens (tertiary/aromatic N) is 3. The van der Waals surface area contributed by atoms with Crippen LogP contribution in [0.15, 0.2) is 102 Å². The minimum Gasteiger partial charge on any atom is -0.399 e. The molecule has 5 heteroatoms. The highest BCUT2D eigenvalue weighted by Crippen LogP contribution is 2.31. The van der Waals surface area contributed by atoms with Gasteiger partial charge in [0.25, 0.3) is 0 Å². The van der Waals surface area contributed by atoms with Gasteiger partial charge in [-0.15, -0.1) is 10.2 Å². The Balaban J connectivity index is 1.55. The third kappa shape index (κ3) is 3.55. The number of nitrogens with two attached hydrogens (primary N) is 1. The van der Waals surface area contributed by atoms with Gasteiger partial charge in [-0.25, -0.2) is 0 Å². The van der Waals surface area contributed by atoms with Gasteiger partial charge in [0.1, 0.15) is 0 Å². The molecule has 0 radical (unpaired) electrons. The van der Waals surface area contributed by atoms with E-state index in [1.54, 1.807) is 11.8 Å². The first-order valence-electron chi connectivity index (χ1n) is 9.76. The summed E-state index contributed by atoms with van der Waals surface area (Å²) in [7, 11) is 0. The van der Waals surface area contributed by atoms with Crippen molar-refractivity contribution in [2.45, 2.75) is 10.9 Å². The monoisotopic (exact) mass is 408 g/mol. The standard InChI is InChI=1S/C25H20N4S/c26-21-12-7-10-19(16-21)24-27-28-25(29(24)22-13-2-1-3-14-22)30-17-20-11-6-9-18-8-4-5-15-23(18)20/h1-16H,17,26H2. The fraction of sp³-hybridized carbons (Fsp3) is 0.0400. The van der Waals surface area contributed by atoms with Crippen LogP contribution in [-0.4, -0.2) is 14.8 Å². The van der Waals surface area contributed by atoms with E-state index >= 15 is 0 Å². The average Bonchev–Trinajstić information content (AvgIpc) is 3.22. The molecule has 0 spiro atoms. The molecule has 0 aliphatic rings. The van der Waals surface area contributed by atoms with Crippen LogP contribution in [0.1, 0.15) is 5.56 Å². The van der Waals surface area contributed by atoms with Crippen LogP contribution in [-0.2, 0) is 5.75 Å². The fourth-order valence-corrected chi connectivity index (χ4v) is 4.55. The van der Waals surface area contributed by atoms with Crippen LogP contribution in [0.2, 0.25) is 0 Å². The van der Waals surface area contributed by atoms with Crippen LogP contribution in [0.4, 0.5) is 5.69 Å². The van der Waals surface area contributed by atoms with Gasteiger partial charge in [-0.3, -0.25) is 4.57 Å². The Morgan fingerprint density at radius 3 is 2.40 bits per heavy atom. The molecule has 1 heterocycles. The van der Waals surface area contributed by atoms with E-state index in [0.717, 1.165) is 28.0 Å². The Bertz CT molecular complexity index is 1310. The lowest BCUT2D eigenvalue weighted by atomic mass is 10.1. The fourth-order valence-electron chi connectivity index (χ4n) is 3.60. The molecule has 0 saturated heterocycles. The Morgan fingerprint density at radius 1 is 0.767 bits per heavy atom. The lowest BCUT2D eigenvalue weighted by Crippen LogP contribution is -2.00. The number of thioether (sulfide) groups is 1. The molecule has 0 bridgehead atoms. The zero-order chi connectivity index (χ0) is 20.3. The Labute approximate surface area is 179 Å². The molecule has 0 fully saturated rings. The highest BCUT2D eigenvalue weighted by molar-refractivity contribution is 7.98. The maximum atomic E-state index is 6.02. The molecule has 0 atom stereocenters. The smallest absolute Gasteiger partial charge is 0.196 e. The van der Waals surface area contributed by atoms with Gasteiger partial charge >= 0.3 is 0 Å². The van der Waals surface area contributed by atoms with E-state index in [4.69, 9.17) is 5.73 Å². The molecule has 30 heavy (non-hydrogen) atoms. The summed E-state index contributed by atoms with van der Waals surface area (Å²) in [6.07, 6.45) is 0. The normalized spacial score (nSPS) is 11.1. The van der Waals surface area contributed by atoms with Gasteiger partial charge in [0.15, 0.2) is 11.0 Å². The number of rotatable bonds is 5. The Hall–Kier alpha value is -3.57. The van der Waals surface area contributed by atoms with E-state index < -0.39 is 0 Å². The topological polar surface area (TPSA) is 56.7 Å². The number of nitrogen functional groups attached to an aromatic ring is 1. The second kappa shape index (κ2) is 8.05. The summed E-state index contributed by atoms with van der Waals surface area (Å²) in [5, 5.41) is 12.4. The van der Waals surface area contributed by atoms with Gasteiger partial charge in [0.05, 0.1) is 0 Å². The molecule has 4 aromatic carbocycles. The lowest BCUT2D eigenvalue weighted by molar-refractivity contribution is 0.886. The number of hydrogen-bond acceptors (Lipinski definition) is 4. The van der Waals surface area contributed by atoms with Gasteiger partial charge < -0.3 is 5.73 Å². The number of hydrogen-bond donors (Lipinski definition) is 1. The second-order valence-electron chi connectivity index (χ2n) is 7.03. The van der Waals surface area contributed by atoms with Gasteiger partial charge in [-0.1, -0.05) is 84.6 Å². The molecular weight excluding hydrogens is 388 g/mol. The van der Waals surface area contributed by atoms with E-state index in [2.05, 4.69) is 69.4 Å². The van der Waals surface area contributed by atoms with Crippen LogP contribution in [0.3, 0.4) is 0 Å². The van der Waals surface area contributed by atoms with Crippen LogP contribution in [0, 0.1) is 0 Å². The van der Waals surface area contributed by atoms with Crippen molar-refractivity contribution >= 4 is 28.2 Å². The second-order valence-corrected chi connectivity index (χ2v) is 7.97. The zero-order valence-electron chi connectivity index (χ0n) is 16.3. The predicted octanol–water partition coefficient (Wildman–Crippen LogP) is 5.96. The largest absolute Gasteiger partial charge is 0.399 e. The summed E-state index contributed by atoms with van der Waals surface area (Å²) in [6, 6.07) is 32.9. The number of aromatic nitrogens is 3. The summed E-state index contributed by atoms with van der Waals surface area (Å²) in [4.78, 5) is 0. The van der Waals surface area contributed by atoms with Crippen molar-refractivity contribution in [2.75, 3.05) is 5.73 Å². The minimum atomic E-state index is 0.708. The predicted molar refractivity (Wildman–Crippen MR) is 125 cm³/mol. The molecule has 1 aromatic heterocycles. The van der Waals surface area contributed by atoms with Crippen LogP contribution >= 0.6 is 11.8 Å².